The van der Waals surface area contributed by atoms with Crippen molar-refractivity contribution in [3.63, 3.8) is 0 Å². The van der Waals surface area contributed by atoms with Gasteiger partial charge in [-0.25, -0.2) is 0 Å². The molecule has 2 fully saturated rings. The number of rotatable bonds is 7. The van der Waals surface area contributed by atoms with Gasteiger partial charge in [0.15, 0.2) is 0 Å². The highest BCUT2D eigenvalue weighted by Crippen LogP contribution is 2.39. The molecule has 1 saturated carbocycles. The number of nitrogens with two attached hydrogens (primary N) is 1. The lowest BCUT2D eigenvalue weighted by Crippen LogP contribution is -2.46. The summed E-state index contributed by atoms with van der Waals surface area (Å²) >= 11 is 1.72. The summed E-state index contributed by atoms with van der Waals surface area (Å²) in [5, 5.41) is 5.12. The van der Waals surface area contributed by atoms with E-state index in [1.54, 1.807) is 11.3 Å². The molecule has 1 saturated heterocycles. The molecule has 2 aliphatic rings. The first-order chi connectivity index (χ1) is 13.1. The van der Waals surface area contributed by atoms with Gasteiger partial charge < -0.3 is 16.0 Å². The van der Waals surface area contributed by atoms with Gasteiger partial charge in [-0.05, 0) is 55.5 Å². The van der Waals surface area contributed by atoms with Gasteiger partial charge in [0, 0.05) is 36.9 Å². The van der Waals surface area contributed by atoms with Crippen LogP contribution in [0.25, 0.3) is 0 Å². The zero-order chi connectivity index (χ0) is 19.1. The summed E-state index contributed by atoms with van der Waals surface area (Å²) in [6.45, 7) is 2.70. The van der Waals surface area contributed by atoms with E-state index in [1.807, 2.05) is 11.0 Å². The van der Waals surface area contributed by atoms with Crippen LogP contribution in [-0.4, -0.2) is 42.9 Å². The van der Waals surface area contributed by atoms with Gasteiger partial charge in [0.1, 0.15) is 0 Å². The molecule has 3 N–H and O–H groups in total. The second-order valence-corrected chi connectivity index (χ2v) is 9.25. The summed E-state index contributed by atoms with van der Waals surface area (Å²) in [5.74, 6) is 0.416. The van der Waals surface area contributed by atoms with E-state index < -0.39 is 0 Å². The van der Waals surface area contributed by atoms with E-state index in [1.165, 1.54) is 24.1 Å². The Morgan fingerprint density at radius 1 is 1.21 bits per heavy atom. The Morgan fingerprint density at radius 2 is 1.93 bits per heavy atom. The third-order valence-corrected chi connectivity index (χ3v) is 7.28. The molecule has 5 nitrogen and oxygen atoms in total. The van der Waals surface area contributed by atoms with Crippen LogP contribution in [0, 0.1) is 11.3 Å². The molecule has 2 heterocycles. The number of nitrogens with one attached hydrogen (secondary N) is 1. The predicted molar refractivity (Wildman–Crippen MR) is 117 cm³/mol. The molecular weight excluding hydrogens is 394 g/mol. The second kappa shape index (κ2) is 11.2. The highest BCUT2D eigenvalue weighted by molar-refractivity contribution is 7.09. The molecule has 2 amide bonds. The standard InChI is InChI=1S/C21H33N3O2S.ClH/c22-16-21(9-2-1-3-10-21)15-19(25)24-12-7-17(8-13-24)20(26)23-11-6-18-5-4-14-27-18;/h4-5,14,17H,1-3,6-13,15-16,22H2,(H,23,26);1H. The maximum absolute atomic E-state index is 12.8. The van der Waals surface area contributed by atoms with Crippen LogP contribution in [0.5, 0.6) is 0 Å². The molecule has 0 unspecified atom stereocenters. The largest absolute Gasteiger partial charge is 0.355 e. The number of carbonyl (C=O) groups excluding carboxylic acids is 2. The average Bonchev–Trinajstić information content (AvgIpc) is 3.22. The molecule has 1 aromatic rings. The fourth-order valence-electron chi connectivity index (χ4n) is 4.49. The Kier molecular flexibility index (Phi) is 9.25. The number of halogens is 1. The van der Waals surface area contributed by atoms with E-state index in [2.05, 4.69) is 16.8 Å². The lowest BCUT2D eigenvalue weighted by atomic mass is 9.71. The first kappa shape index (κ1) is 23.2. The van der Waals surface area contributed by atoms with E-state index in [-0.39, 0.29) is 35.6 Å². The molecule has 3 rings (SSSR count). The lowest BCUT2D eigenvalue weighted by molar-refractivity contribution is -0.138. The zero-order valence-corrected chi connectivity index (χ0v) is 18.3. The maximum Gasteiger partial charge on any atom is 0.223 e. The van der Waals surface area contributed by atoms with Gasteiger partial charge in [0.2, 0.25) is 11.8 Å². The fourth-order valence-corrected chi connectivity index (χ4v) is 5.20. The number of carbonyl (C=O) groups is 2. The van der Waals surface area contributed by atoms with Crippen molar-refractivity contribution in [3.8, 4) is 0 Å². The Balaban J connectivity index is 0.00000280. The highest BCUT2D eigenvalue weighted by Gasteiger charge is 2.35. The molecule has 28 heavy (non-hydrogen) atoms. The molecule has 0 atom stereocenters. The van der Waals surface area contributed by atoms with E-state index in [0.717, 1.165) is 32.1 Å². The number of hydrogen-bond acceptors (Lipinski definition) is 4. The van der Waals surface area contributed by atoms with E-state index >= 15 is 0 Å². The van der Waals surface area contributed by atoms with Gasteiger partial charge in [-0.1, -0.05) is 25.3 Å². The van der Waals surface area contributed by atoms with Crippen LogP contribution < -0.4 is 11.1 Å². The SMILES string of the molecule is Cl.NCC1(CC(=O)N2CCC(C(=O)NCCc3cccs3)CC2)CCCCC1. The van der Waals surface area contributed by atoms with Gasteiger partial charge >= 0.3 is 0 Å². The molecule has 1 aliphatic carbocycles. The number of amides is 2. The second-order valence-electron chi connectivity index (χ2n) is 8.22. The molecule has 0 spiro atoms. The summed E-state index contributed by atoms with van der Waals surface area (Å²) in [5.41, 5.74) is 6.06. The Morgan fingerprint density at radius 3 is 2.54 bits per heavy atom. The van der Waals surface area contributed by atoms with Crippen molar-refractivity contribution < 1.29 is 9.59 Å². The van der Waals surface area contributed by atoms with Crippen LogP contribution >= 0.6 is 23.7 Å². The molecule has 1 aromatic heterocycles. The van der Waals surface area contributed by atoms with Crippen LogP contribution in [0.3, 0.4) is 0 Å². The first-order valence-electron chi connectivity index (χ1n) is 10.4. The van der Waals surface area contributed by atoms with Crippen LogP contribution in [-0.2, 0) is 16.0 Å². The van der Waals surface area contributed by atoms with Crippen molar-refractivity contribution in [2.75, 3.05) is 26.2 Å². The van der Waals surface area contributed by atoms with E-state index in [0.29, 0.717) is 32.6 Å². The van der Waals surface area contributed by atoms with Crippen molar-refractivity contribution in [2.24, 2.45) is 17.1 Å². The van der Waals surface area contributed by atoms with Gasteiger partial charge in [-0.3, -0.25) is 9.59 Å². The van der Waals surface area contributed by atoms with Gasteiger partial charge in [-0.15, -0.1) is 23.7 Å². The van der Waals surface area contributed by atoms with Crippen molar-refractivity contribution in [3.05, 3.63) is 22.4 Å². The van der Waals surface area contributed by atoms with E-state index in [9.17, 15) is 9.59 Å². The fraction of sp³-hybridized carbons (Fsp3) is 0.714. The minimum atomic E-state index is 0. The molecule has 0 aromatic carbocycles. The third-order valence-electron chi connectivity index (χ3n) is 6.34. The number of thiophene rings is 1. The van der Waals surface area contributed by atoms with Crippen LogP contribution in [0.4, 0.5) is 0 Å². The first-order valence-corrected chi connectivity index (χ1v) is 11.3. The van der Waals surface area contributed by atoms with Crippen LogP contribution in [0.1, 0.15) is 56.2 Å². The monoisotopic (exact) mass is 427 g/mol. The summed E-state index contributed by atoms with van der Waals surface area (Å²) in [6, 6.07) is 4.14. The normalized spacial score (nSPS) is 19.7. The summed E-state index contributed by atoms with van der Waals surface area (Å²) in [4.78, 5) is 28.4. The Bertz CT molecular complexity index is 609. The number of nitrogens with zero attached hydrogens (tertiary/aromatic N) is 1. The molecule has 0 radical (unpaired) electrons. The Labute approximate surface area is 178 Å². The molecular formula is C21H34ClN3O2S. The van der Waals surface area contributed by atoms with Gasteiger partial charge in [0.25, 0.3) is 0 Å². The zero-order valence-electron chi connectivity index (χ0n) is 16.7. The lowest BCUT2D eigenvalue weighted by Gasteiger charge is -2.38. The summed E-state index contributed by atoms with van der Waals surface area (Å²) in [6.07, 6.45) is 8.83. The van der Waals surface area contributed by atoms with Crippen molar-refractivity contribution in [1.82, 2.24) is 10.2 Å². The maximum atomic E-state index is 12.8. The predicted octanol–water partition coefficient (Wildman–Crippen LogP) is 3.37. The number of likely N-dealkylation sites (tertiary alicyclic amines) is 1. The minimum Gasteiger partial charge on any atom is -0.355 e. The third kappa shape index (κ3) is 6.19. The average molecular weight is 428 g/mol. The van der Waals surface area contributed by atoms with Gasteiger partial charge in [-0.2, -0.15) is 0 Å². The Hall–Kier alpha value is -1.11. The minimum absolute atomic E-state index is 0. The van der Waals surface area contributed by atoms with Crippen LogP contribution in [0.2, 0.25) is 0 Å². The summed E-state index contributed by atoms with van der Waals surface area (Å²) < 4.78 is 0. The molecule has 7 heteroatoms. The quantitative estimate of drug-likeness (QED) is 0.700. The topological polar surface area (TPSA) is 75.4 Å². The number of hydrogen-bond donors (Lipinski definition) is 2. The highest BCUT2D eigenvalue weighted by atomic mass is 35.5. The van der Waals surface area contributed by atoms with Crippen molar-refractivity contribution in [2.45, 2.75) is 57.8 Å². The van der Waals surface area contributed by atoms with Gasteiger partial charge in [0.05, 0.1) is 0 Å². The van der Waals surface area contributed by atoms with Crippen molar-refractivity contribution in [1.29, 1.82) is 0 Å². The van der Waals surface area contributed by atoms with Crippen molar-refractivity contribution >= 4 is 35.6 Å². The molecule has 0 bridgehead atoms. The smallest absolute Gasteiger partial charge is 0.223 e. The van der Waals surface area contributed by atoms with E-state index in [4.69, 9.17) is 5.73 Å². The summed E-state index contributed by atoms with van der Waals surface area (Å²) in [7, 11) is 0. The molecule has 158 valence electrons. The molecule has 1 aliphatic heterocycles. The van der Waals surface area contributed by atoms with Crippen LogP contribution in [0.15, 0.2) is 17.5 Å². The number of piperidine rings is 1.